The van der Waals surface area contributed by atoms with Gasteiger partial charge in [0.1, 0.15) is 0 Å². The molecular formula is C9H13N5. The van der Waals surface area contributed by atoms with E-state index < -0.39 is 0 Å². The van der Waals surface area contributed by atoms with Gasteiger partial charge in [-0.2, -0.15) is 4.80 Å². The van der Waals surface area contributed by atoms with Crippen LogP contribution >= 0.6 is 0 Å². The molecule has 0 atom stereocenters. The van der Waals surface area contributed by atoms with Crippen molar-refractivity contribution in [2.24, 2.45) is 7.05 Å². The van der Waals surface area contributed by atoms with Gasteiger partial charge < -0.3 is 0 Å². The first-order chi connectivity index (χ1) is 6.86. The lowest BCUT2D eigenvalue weighted by molar-refractivity contribution is 0.630. The molecule has 0 aliphatic rings. The predicted octanol–water partition coefficient (Wildman–Crippen LogP) is 1.30. The van der Waals surface area contributed by atoms with Gasteiger partial charge in [-0.05, 0) is 17.3 Å². The highest BCUT2D eigenvalue weighted by atomic mass is 15.6. The molecule has 2 aromatic rings. The second-order valence-corrected chi connectivity index (χ2v) is 2.34. The maximum absolute atomic E-state index is 4.04. The molecule has 5 heteroatoms. The lowest BCUT2D eigenvalue weighted by atomic mass is 10.3. The first kappa shape index (κ1) is 10.3. The third-order valence-corrected chi connectivity index (χ3v) is 1.43. The molecule has 2 aromatic heterocycles. The van der Waals surface area contributed by atoms with Crippen LogP contribution in [0.2, 0.25) is 0 Å². The molecule has 5 nitrogen and oxygen atoms in total. The average Bonchev–Trinajstić information content (AvgIpc) is 2.69. The molecule has 0 unspecified atom stereocenters. The summed E-state index contributed by atoms with van der Waals surface area (Å²) in [6.45, 7) is 4.00. The van der Waals surface area contributed by atoms with Gasteiger partial charge in [-0.3, -0.25) is 4.98 Å². The highest BCUT2D eigenvalue weighted by molar-refractivity contribution is 5.51. The Morgan fingerprint density at radius 2 is 2.07 bits per heavy atom. The number of tetrazole rings is 1. The van der Waals surface area contributed by atoms with Crippen molar-refractivity contribution < 1.29 is 0 Å². The summed E-state index contributed by atoms with van der Waals surface area (Å²) in [6.07, 6.45) is 3.41. The van der Waals surface area contributed by atoms with Crippen molar-refractivity contribution in [1.29, 1.82) is 0 Å². The third-order valence-electron chi connectivity index (χ3n) is 1.43. The standard InChI is InChI=1S/C7H7N5.C2H6/c1-12-10-7(9-11-12)6-3-2-4-8-5-6;1-2/h2-5H,1H3;1-2H3. The van der Waals surface area contributed by atoms with Crippen molar-refractivity contribution in [3.63, 3.8) is 0 Å². The Labute approximate surface area is 82.8 Å². The van der Waals surface area contributed by atoms with Gasteiger partial charge in [-0.1, -0.05) is 13.8 Å². The molecule has 74 valence electrons. The summed E-state index contributed by atoms with van der Waals surface area (Å²) in [5, 5.41) is 11.6. The van der Waals surface area contributed by atoms with Crippen molar-refractivity contribution >= 4 is 0 Å². The van der Waals surface area contributed by atoms with Crippen LogP contribution in [0.3, 0.4) is 0 Å². The molecule has 0 spiro atoms. The fraction of sp³-hybridized carbons (Fsp3) is 0.333. The number of rotatable bonds is 1. The first-order valence-corrected chi connectivity index (χ1v) is 4.50. The smallest absolute Gasteiger partial charge is 0.206 e. The molecule has 0 fully saturated rings. The van der Waals surface area contributed by atoms with Crippen LogP contribution in [0.25, 0.3) is 11.4 Å². The Kier molecular flexibility index (Phi) is 3.72. The predicted molar refractivity (Wildman–Crippen MR) is 53.4 cm³/mol. The van der Waals surface area contributed by atoms with Crippen LogP contribution in [-0.4, -0.2) is 25.2 Å². The van der Waals surface area contributed by atoms with Crippen LogP contribution in [-0.2, 0) is 7.05 Å². The zero-order valence-corrected chi connectivity index (χ0v) is 8.55. The maximum atomic E-state index is 4.04. The molecule has 0 radical (unpaired) electrons. The van der Waals surface area contributed by atoms with Crippen LogP contribution in [0.15, 0.2) is 24.5 Å². The topological polar surface area (TPSA) is 56.5 Å². The van der Waals surface area contributed by atoms with Crippen molar-refractivity contribution in [3.05, 3.63) is 24.5 Å². The van der Waals surface area contributed by atoms with Crippen LogP contribution in [0, 0.1) is 0 Å². The molecule has 0 aromatic carbocycles. The summed E-state index contributed by atoms with van der Waals surface area (Å²) in [5.41, 5.74) is 0.880. The van der Waals surface area contributed by atoms with Gasteiger partial charge in [0.05, 0.1) is 7.05 Å². The third kappa shape index (κ3) is 2.35. The minimum atomic E-state index is 0.602. The molecule has 2 heterocycles. The summed E-state index contributed by atoms with van der Waals surface area (Å²) in [6, 6.07) is 3.73. The van der Waals surface area contributed by atoms with Crippen LogP contribution in [0.5, 0.6) is 0 Å². The van der Waals surface area contributed by atoms with E-state index in [1.165, 1.54) is 4.80 Å². The van der Waals surface area contributed by atoms with Gasteiger partial charge >= 0.3 is 0 Å². The normalized spacial score (nSPS) is 9.07. The first-order valence-electron chi connectivity index (χ1n) is 4.50. The van der Waals surface area contributed by atoms with E-state index >= 15 is 0 Å². The van der Waals surface area contributed by atoms with Crippen molar-refractivity contribution in [2.45, 2.75) is 13.8 Å². The quantitative estimate of drug-likeness (QED) is 0.681. The number of hydrogen-bond donors (Lipinski definition) is 0. The lowest BCUT2D eigenvalue weighted by Gasteiger charge is -1.89. The Morgan fingerprint density at radius 3 is 2.57 bits per heavy atom. The zero-order chi connectivity index (χ0) is 10.4. The van der Waals surface area contributed by atoms with Gasteiger partial charge in [0.2, 0.25) is 5.82 Å². The Bertz CT molecular complexity index is 368. The van der Waals surface area contributed by atoms with E-state index in [4.69, 9.17) is 0 Å². The maximum Gasteiger partial charge on any atom is 0.206 e. The van der Waals surface area contributed by atoms with Crippen LogP contribution in [0.1, 0.15) is 13.8 Å². The molecule has 14 heavy (non-hydrogen) atoms. The van der Waals surface area contributed by atoms with Crippen molar-refractivity contribution in [2.75, 3.05) is 0 Å². The van der Waals surface area contributed by atoms with Gasteiger partial charge in [0.25, 0.3) is 0 Å². The van der Waals surface area contributed by atoms with Gasteiger partial charge in [0.15, 0.2) is 0 Å². The molecule has 0 aliphatic carbocycles. The van der Waals surface area contributed by atoms with E-state index in [1.54, 1.807) is 19.4 Å². The van der Waals surface area contributed by atoms with Crippen molar-refractivity contribution in [3.8, 4) is 11.4 Å². The van der Waals surface area contributed by atoms with Gasteiger partial charge in [-0.25, -0.2) is 0 Å². The Balaban J connectivity index is 0.000000461. The van der Waals surface area contributed by atoms with E-state index in [1.807, 2.05) is 26.0 Å². The molecule has 0 amide bonds. The van der Waals surface area contributed by atoms with E-state index in [2.05, 4.69) is 20.4 Å². The molecule has 2 rings (SSSR count). The molecule has 0 N–H and O–H groups in total. The summed E-state index contributed by atoms with van der Waals surface area (Å²) >= 11 is 0. The Hall–Kier alpha value is -1.78. The minimum Gasteiger partial charge on any atom is -0.264 e. The second-order valence-electron chi connectivity index (χ2n) is 2.34. The number of pyridine rings is 1. The zero-order valence-electron chi connectivity index (χ0n) is 8.55. The van der Waals surface area contributed by atoms with Crippen molar-refractivity contribution in [1.82, 2.24) is 25.2 Å². The molecular weight excluding hydrogens is 178 g/mol. The number of nitrogens with zero attached hydrogens (tertiary/aromatic N) is 5. The number of hydrogen-bond acceptors (Lipinski definition) is 4. The SMILES string of the molecule is CC.Cn1nnc(-c2cccnc2)n1. The molecule has 0 saturated heterocycles. The summed E-state index contributed by atoms with van der Waals surface area (Å²) < 4.78 is 0. The van der Waals surface area contributed by atoms with E-state index in [9.17, 15) is 0 Å². The van der Waals surface area contributed by atoms with E-state index in [-0.39, 0.29) is 0 Å². The monoisotopic (exact) mass is 191 g/mol. The Morgan fingerprint density at radius 1 is 1.29 bits per heavy atom. The molecule has 0 saturated carbocycles. The minimum absolute atomic E-state index is 0.602. The summed E-state index contributed by atoms with van der Waals surface area (Å²) in [7, 11) is 1.73. The lowest BCUT2D eigenvalue weighted by Crippen LogP contribution is -1.91. The number of aromatic nitrogens is 5. The van der Waals surface area contributed by atoms with E-state index in [0.29, 0.717) is 5.82 Å². The second kappa shape index (κ2) is 5.06. The number of aryl methyl sites for hydroxylation is 1. The fourth-order valence-corrected chi connectivity index (χ4v) is 0.895. The van der Waals surface area contributed by atoms with Gasteiger partial charge in [-0.15, -0.1) is 10.2 Å². The summed E-state index contributed by atoms with van der Waals surface area (Å²) in [4.78, 5) is 5.37. The van der Waals surface area contributed by atoms with Crippen LogP contribution < -0.4 is 0 Å². The van der Waals surface area contributed by atoms with Gasteiger partial charge in [0, 0.05) is 18.0 Å². The highest BCUT2D eigenvalue weighted by Crippen LogP contribution is 2.09. The average molecular weight is 191 g/mol. The fourth-order valence-electron chi connectivity index (χ4n) is 0.895. The molecule has 0 aliphatic heterocycles. The summed E-state index contributed by atoms with van der Waals surface area (Å²) in [5.74, 6) is 0.602. The largest absolute Gasteiger partial charge is 0.264 e. The highest BCUT2D eigenvalue weighted by Gasteiger charge is 2.01. The van der Waals surface area contributed by atoms with Crippen LogP contribution in [0.4, 0.5) is 0 Å². The molecule has 0 bridgehead atoms. The van der Waals surface area contributed by atoms with E-state index in [0.717, 1.165) is 5.56 Å².